The first-order valence-corrected chi connectivity index (χ1v) is 5.40. The van der Waals surface area contributed by atoms with E-state index >= 15 is 0 Å². The quantitative estimate of drug-likeness (QED) is 0.902. The van der Waals surface area contributed by atoms with E-state index in [1.165, 1.54) is 17.9 Å². The Bertz CT molecular complexity index is 546. The largest absolute Gasteiger partial charge is 0.385 e. The average molecular weight is 253 g/mol. The predicted molar refractivity (Wildman–Crippen MR) is 60.6 cm³/mol. The van der Waals surface area contributed by atoms with E-state index in [4.69, 9.17) is 0 Å². The molecule has 0 fully saturated rings. The van der Waals surface area contributed by atoms with Crippen molar-refractivity contribution in [2.24, 2.45) is 7.05 Å². The minimum absolute atomic E-state index is 0.117. The standard InChI is InChI=1S/C12H13F2N3O/c1-12(18,6-11-15-7-16-17(11)2)8-3-9(13)5-10(14)4-8/h3-5,7,18H,6H2,1-2H3. The highest BCUT2D eigenvalue weighted by molar-refractivity contribution is 5.24. The van der Waals surface area contributed by atoms with Gasteiger partial charge in [0.1, 0.15) is 23.8 Å². The van der Waals surface area contributed by atoms with Crippen LogP contribution in [-0.2, 0) is 19.1 Å². The molecule has 1 atom stereocenters. The summed E-state index contributed by atoms with van der Waals surface area (Å²) in [5.74, 6) is -0.906. The molecule has 4 nitrogen and oxygen atoms in total. The van der Waals surface area contributed by atoms with Gasteiger partial charge in [0.15, 0.2) is 0 Å². The number of halogens is 2. The van der Waals surface area contributed by atoms with Crippen LogP contribution in [0.2, 0.25) is 0 Å². The number of hydrogen-bond donors (Lipinski definition) is 1. The molecule has 1 heterocycles. The lowest BCUT2D eigenvalue weighted by atomic mass is 9.92. The van der Waals surface area contributed by atoms with Crippen LogP contribution in [0.3, 0.4) is 0 Å². The van der Waals surface area contributed by atoms with Gasteiger partial charge in [0.2, 0.25) is 0 Å². The first kappa shape index (κ1) is 12.6. The Balaban J connectivity index is 2.33. The monoisotopic (exact) mass is 253 g/mol. The molecule has 0 aliphatic heterocycles. The van der Waals surface area contributed by atoms with Crippen LogP contribution in [-0.4, -0.2) is 19.9 Å². The van der Waals surface area contributed by atoms with E-state index in [-0.39, 0.29) is 12.0 Å². The summed E-state index contributed by atoms with van der Waals surface area (Å²) >= 11 is 0. The molecule has 0 bridgehead atoms. The zero-order chi connectivity index (χ0) is 13.3. The lowest BCUT2D eigenvalue weighted by Gasteiger charge is -2.23. The van der Waals surface area contributed by atoms with Crippen LogP contribution >= 0.6 is 0 Å². The van der Waals surface area contributed by atoms with Gasteiger partial charge in [-0.25, -0.2) is 13.8 Å². The van der Waals surface area contributed by atoms with Gasteiger partial charge >= 0.3 is 0 Å². The molecule has 6 heteroatoms. The van der Waals surface area contributed by atoms with Crippen LogP contribution < -0.4 is 0 Å². The van der Waals surface area contributed by atoms with Crippen molar-refractivity contribution < 1.29 is 13.9 Å². The third-order valence-corrected chi connectivity index (χ3v) is 2.79. The number of benzene rings is 1. The second-order valence-corrected chi connectivity index (χ2v) is 4.41. The summed E-state index contributed by atoms with van der Waals surface area (Å²) in [6, 6.07) is 2.99. The highest BCUT2D eigenvalue weighted by atomic mass is 19.1. The third kappa shape index (κ3) is 2.53. The first-order valence-electron chi connectivity index (χ1n) is 5.40. The molecule has 0 radical (unpaired) electrons. The summed E-state index contributed by atoms with van der Waals surface area (Å²) in [5, 5.41) is 14.2. The summed E-state index contributed by atoms with van der Waals surface area (Å²) in [6.07, 6.45) is 1.48. The zero-order valence-corrected chi connectivity index (χ0v) is 10.1. The number of rotatable bonds is 3. The molecule has 0 saturated heterocycles. The van der Waals surface area contributed by atoms with Crippen molar-refractivity contribution in [3.8, 4) is 0 Å². The van der Waals surface area contributed by atoms with Gasteiger partial charge in [0, 0.05) is 19.5 Å². The third-order valence-electron chi connectivity index (χ3n) is 2.79. The Labute approximate surface area is 103 Å². The average Bonchev–Trinajstić information content (AvgIpc) is 2.62. The summed E-state index contributed by atoms with van der Waals surface area (Å²) < 4.78 is 27.8. The van der Waals surface area contributed by atoms with E-state index in [0.29, 0.717) is 5.82 Å². The number of aryl methyl sites for hydroxylation is 1. The molecule has 0 saturated carbocycles. The Morgan fingerprint density at radius 3 is 2.39 bits per heavy atom. The fourth-order valence-corrected chi connectivity index (χ4v) is 1.75. The molecular weight excluding hydrogens is 240 g/mol. The SMILES string of the molecule is Cn1ncnc1CC(C)(O)c1cc(F)cc(F)c1. The van der Waals surface area contributed by atoms with Crippen LogP contribution in [0.5, 0.6) is 0 Å². The van der Waals surface area contributed by atoms with Crippen LogP contribution in [0.4, 0.5) is 8.78 Å². The molecule has 0 spiro atoms. The summed E-state index contributed by atoms with van der Waals surface area (Å²) in [4.78, 5) is 3.98. The normalized spacial score (nSPS) is 14.5. The van der Waals surface area contributed by atoms with E-state index in [1.807, 2.05) is 0 Å². The molecule has 0 amide bonds. The summed E-state index contributed by atoms with van der Waals surface area (Å²) in [5.41, 5.74) is -1.24. The maximum Gasteiger partial charge on any atom is 0.138 e. The molecule has 1 N–H and O–H groups in total. The van der Waals surface area contributed by atoms with Gasteiger partial charge in [-0.3, -0.25) is 4.68 Å². The van der Waals surface area contributed by atoms with Gasteiger partial charge in [-0.2, -0.15) is 5.10 Å². The molecule has 2 rings (SSSR count). The minimum atomic E-state index is -1.41. The zero-order valence-electron chi connectivity index (χ0n) is 10.1. The Kier molecular flexibility index (Phi) is 3.13. The molecular formula is C12H13F2N3O. The Morgan fingerprint density at radius 1 is 1.28 bits per heavy atom. The highest BCUT2D eigenvalue weighted by Gasteiger charge is 2.27. The van der Waals surface area contributed by atoms with Crippen molar-refractivity contribution >= 4 is 0 Å². The van der Waals surface area contributed by atoms with Crippen molar-refractivity contribution in [3.63, 3.8) is 0 Å². The maximum absolute atomic E-state index is 13.1. The summed E-state index contributed by atoms with van der Waals surface area (Å²) in [7, 11) is 1.69. The molecule has 18 heavy (non-hydrogen) atoms. The lowest BCUT2D eigenvalue weighted by molar-refractivity contribution is 0.0538. The van der Waals surface area contributed by atoms with Gasteiger partial charge in [-0.15, -0.1) is 0 Å². The van der Waals surface area contributed by atoms with Crippen molar-refractivity contribution in [3.05, 3.63) is 47.5 Å². The maximum atomic E-state index is 13.1. The predicted octanol–water partition coefficient (Wildman–Crippen LogP) is 1.54. The van der Waals surface area contributed by atoms with Gasteiger partial charge in [-0.1, -0.05) is 0 Å². The van der Waals surface area contributed by atoms with Crippen molar-refractivity contribution in [1.29, 1.82) is 0 Å². The minimum Gasteiger partial charge on any atom is -0.385 e. The van der Waals surface area contributed by atoms with Crippen molar-refractivity contribution in [2.75, 3.05) is 0 Å². The van der Waals surface area contributed by atoms with E-state index in [9.17, 15) is 13.9 Å². The molecule has 2 aromatic rings. The summed E-state index contributed by atoms with van der Waals surface area (Å²) in [6.45, 7) is 1.48. The van der Waals surface area contributed by atoms with Gasteiger partial charge in [0.05, 0.1) is 5.60 Å². The van der Waals surface area contributed by atoms with Gasteiger partial charge in [-0.05, 0) is 24.6 Å². The van der Waals surface area contributed by atoms with Crippen molar-refractivity contribution in [2.45, 2.75) is 18.9 Å². The number of hydrogen-bond acceptors (Lipinski definition) is 3. The van der Waals surface area contributed by atoms with Crippen LogP contribution in [0.25, 0.3) is 0 Å². The van der Waals surface area contributed by atoms with E-state index < -0.39 is 17.2 Å². The van der Waals surface area contributed by atoms with E-state index in [1.54, 1.807) is 7.05 Å². The number of aliphatic hydroxyl groups is 1. The second-order valence-electron chi connectivity index (χ2n) is 4.41. The highest BCUT2D eigenvalue weighted by Crippen LogP contribution is 2.25. The van der Waals surface area contributed by atoms with Crippen LogP contribution in [0, 0.1) is 11.6 Å². The fraction of sp³-hybridized carbons (Fsp3) is 0.333. The molecule has 1 unspecified atom stereocenters. The van der Waals surface area contributed by atoms with Crippen molar-refractivity contribution in [1.82, 2.24) is 14.8 Å². The van der Waals surface area contributed by atoms with Crippen LogP contribution in [0.1, 0.15) is 18.3 Å². The number of nitrogens with zero attached hydrogens (tertiary/aromatic N) is 3. The molecule has 0 aliphatic rings. The molecule has 1 aromatic carbocycles. The Morgan fingerprint density at radius 2 is 1.89 bits per heavy atom. The van der Waals surface area contributed by atoms with Gasteiger partial charge in [0.25, 0.3) is 0 Å². The van der Waals surface area contributed by atoms with E-state index in [0.717, 1.165) is 18.2 Å². The molecule has 0 aliphatic carbocycles. The molecule has 1 aromatic heterocycles. The first-order chi connectivity index (χ1) is 8.38. The lowest BCUT2D eigenvalue weighted by Crippen LogP contribution is -2.26. The fourth-order valence-electron chi connectivity index (χ4n) is 1.75. The van der Waals surface area contributed by atoms with E-state index in [2.05, 4.69) is 10.1 Å². The van der Waals surface area contributed by atoms with Gasteiger partial charge < -0.3 is 5.11 Å². The smallest absolute Gasteiger partial charge is 0.138 e. The van der Waals surface area contributed by atoms with Crippen LogP contribution in [0.15, 0.2) is 24.5 Å². The number of aromatic nitrogens is 3. The second kappa shape index (κ2) is 4.45. The Hall–Kier alpha value is -1.82. The topological polar surface area (TPSA) is 50.9 Å². The molecule has 96 valence electrons.